The smallest absolute Gasteiger partial charge is 0.291 e. The van der Waals surface area contributed by atoms with Crippen LogP contribution in [0.4, 0.5) is 5.69 Å². The van der Waals surface area contributed by atoms with Gasteiger partial charge in [0.1, 0.15) is 17.9 Å². The number of likely N-dealkylation sites (tertiary alicyclic amines) is 1. The van der Waals surface area contributed by atoms with Crippen molar-refractivity contribution in [3.63, 3.8) is 0 Å². The van der Waals surface area contributed by atoms with Crippen LogP contribution in [0.25, 0.3) is 0 Å². The number of nitrogens with two attached hydrogens (primary N) is 1. The minimum atomic E-state index is -1.30. The summed E-state index contributed by atoms with van der Waals surface area (Å²) in [5.41, 5.74) is 0.622. The summed E-state index contributed by atoms with van der Waals surface area (Å²) in [6.45, 7) is 1.80. The van der Waals surface area contributed by atoms with E-state index >= 15 is 0 Å². The van der Waals surface area contributed by atoms with Crippen LogP contribution in [0.1, 0.15) is 56.1 Å². The van der Waals surface area contributed by atoms with Crippen molar-refractivity contribution in [1.82, 2.24) is 4.90 Å². The Morgan fingerprint density at radius 2 is 1.94 bits per heavy atom. The number of aliphatic carboxylic acids is 1. The maximum absolute atomic E-state index is 13.8. The number of anilines is 1. The van der Waals surface area contributed by atoms with Crippen LogP contribution >= 0.6 is 11.6 Å². The molecule has 1 aromatic rings. The predicted octanol–water partition coefficient (Wildman–Crippen LogP) is 0.205. The van der Waals surface area contributed by atoms with Crippen LogP contribution in [0, 0.1) is 18.8 Å². The Morgan fingerprint density at radius 1 is 1.22 bits per heavy atom. The van der Waals surface area contributed by atoms with E-state index < -0.39 is 29.4 Å². The van der Waals surface area contributed by atoms with Gasteiger partial charge in [-0.3, -0.25) is 19.3 Å². The number of halogens is 1. The van der Waals surface area contributed by atoms with Gasteiger partial charge in [-0.2, -0.15) is 0 Å². The lowest BCUT2D eigenvalue weighted by Gasteiger charge is -2.32. The summed E-state index contributed by atoms with van der Waals surface area (Å²) in [7, 11) is 0. The van der Waals surface area contributed by atoms with E-state index in [0.717, 1.165) is 32.1 Å². The molecule has 3 heterocycles. The first-order valence-corrected chi connectivity index (χ1v) is 11.7. The van der Waals surface area contributed by atoms with E-state index in [4.69, 9.17) is 11.6 Å². The number of carbonyl (C=O) groups excluding carboxylic acids is 4. The fourth-order valence-electron chi connectivity index (χ4n) is 6.42. The number of nitrogens with one attached hydrogen (secondary N) is 1. The second-order valence-corrected chi connectivity index (χ2v) is 9.91. The van der Waals surface area contributed by atoms with Crippen molar-refractivity contribution in [2.75, 3.05) is 5.32 Å². The third-order valence-corrected chi connectivity index (χ3v) is 8.30. The minimum absolute atomic E-state index is 0.149. The molecule has 32 heavy (non-hydrogen) atoms. The summed E-state index contributed by atoms with van der Waals surface area (Å²) in [6.07, 6.45) is 4.47. The van der Waals surface area contributed by atoms with E-state index in [2.05, 4.69) is 5.32 Å². The Labute approximate surface area is 190 Å². The summed E-state index contributed by atoms with van der Waals surface area (Å²) in [4.78, 5) is 53.5. The Balaban J connectivity index is 1.62. The average molecular weight is 460 g/mol. The summed E-state index contributed by atoms with van der Waals surface area (Å²) < 4.78 is 0. The molecular weight excluding hydrogens is 434 g/mol. The number of carboxylic acid groups (broad SMARTS) is 1. The van der Waals surface area contributed by atoms with Gasteiger partial charge in [0.2, 0.25) is 17.4 Å². The van der Waals surface area contributed by atoms with E-state index in [-0.39, 0.29) is 36.6 Å². The topological polar surface area (TPSA) is 123 Å². The largest absolute Gasteiger partial charge is 0.550 e. The molecule has 170 valence electrons. The van der Waals surface area contributed by atoms with Gasteiger partial charge < -0.3 is 20.5 Å². The average Bonchev–Trinajstić information content (AvgIpc) is 3.35. The number of quaternary nitrogens is 1. The second kappa shape index (κ2) is 7.56. The second-order valence-electron chi connectivity index (χ2n) is 9.50. The molecule has 0 aromatic heterocycles. The molecule has 0 radical (unpaired) electrons. The van der Waals surface area contributed by atoms with Crippen LogP contribution in [0.3, 0.4) is 0 Å². The number of hydrogen-bond acceptors (Lipinski definition) is 5. The number of rotatable bonds is 4. The number of amides is 3. The molecule has 4 aliphatic rings. The van der Waals surface area contributed by atoms with E-state index in [1.54, 1.807) is 24.4 Å². The van der Waals surface area contributed by atoms with Gasteiger partial charge in [-0.15, -0.1) is 0 Å². The van der Waals surface area contributed by atoms with Crippen LogP contribution in [0.15, 0.2) is 12.1 Å². The van der Waals surface area contributed by atoms with Gasteiger partial charge in [0.25, 0.3) is 5.91 Å². The molecule has 3 fully saturated rings. The predicted molar refractivity (Wildman–Crippen MR) is 112 cm³/mol. The molecule has 3 aliphatic heterocycles. The Morgan fingerprint density at radius 3 is 2.62 bits per heavy atom. The Hall–Kier alpha value is -2.45. The number of carbonyl (C=O) groups is 4. The van der Waals surface area contributed by atoms with Crippen LogP contribution < -0.4 is 15.7 Å². The van der Waals surface area contributed by atoms with Gasteiger partial charge in [0.15, 0.2) is 0 Å². The number of fused-ring (bicyclic) bond motifs is 4. The standard InChI is InChI=1S/C23H26ClN3O5/c1-11-14(24)8-7-13-19(11)25-22(32)23(13)18-17(15(26-23)9-10-16(28)29)20(30)27(21(18)31)12-5-3-2-4-6-12/h7-8,12,15,17-18,26H,2-6,9-10H2,1H3,(H,25,32)(H,28,29)/t15-,17-,18+,23-/m1/s1. The van der Waals surface area contributed by atoms with E-state index in [1.165, 1.54) is 4.90 Å². The zero-order chi connectivity index (χ0) is 22.8. The van der Waals surface area contributed by atoms with E-state index in [0.29, 0.717) is 21.8 Å². The van der Waals surface area contributed by atoms with Crippen LogP contribution in [-0.2, 0) is 24.7 Å². The van der Waals surface area contributed by atoms with Crippen molar-refractivity contribution < 1.29 is 29.6 Å². The lowest BCUT2D eigenvalue weighted by molar-refractivity contribution is -0.734. The van der Waals surface area contributed by atoms with Crippen molar-refractivity contribution in [1.29, 1.82) is 0 Å². The van der Waals surface area contributed by atoms with E-state index in [9.17, 15) is 24.3 Å². The third-order valence-electron chi connectivity index (χ3n) is 7.89. The molecule has 0 bridgehead atoms. The fourth-order valence-corrected chi connectivity index (χ4v) is 6.58. The quantitative estimate of drug-likeness (QED) is 0.623. The van der Waals surface area contributed by atoms with Gasteiger partial charge >= 0.3 is 0 Å². The first-order valence-electron chi connectivity index (χ1n) is 11.3. The SMILES string of the molecule is Cc1c(Cl)ccc2c1NC(=O)[C@@]21[NH2+][C@H](CCC(=O)[O-])[C@H]2C(=O)N(C3CCCCC3)C(=O)[C@H]21. The van der Waals surface area contributed by atoms with Gasteiger partial charge in [0, 0.05) is 29.0 Å². The van der Waals surface area contributed by atoms with Crippen molar-refractivity contribution >= 4 is 41.0 Å². The molecule has 1 aliphatic carbocycles. The van der Waals surface area contributed by atoms with Crippen molar-refractivity contribution in [2.24, 2.45) is 11.8 Å². The highest BCUT2D eigenvalue weighted by Crippen LogP contribution is 2.51. The molecular formula is C23H26ClN3O5. The molecule has 3 amide bonds. The Bertz CT molecular complexity index is 1040. The van der Waals surface area contributed by atoms with E-state index in [1.807, 2.05) is 0 Å². The molecule has 9 heteroatoms. The van der Waals surface area contributed by atoms with Gasteiger partial charge in [-0.1, -0.05) is 30.9 Å². The number of imide groups is 1. The van der Waals surface area contributed by atoms with Crippen LogP contribution in [0.2, 0.25) is 5.02 Å². The minimum Gasteiger partial charge on any atom is -0.550 e. The first kappa shape index (κ1) is 21.4. The fraction of sp³-hybridized carbons (Fsp3) is 0.565. The summed E-state index contributed by atoms with van der Waals surface area (Å²) in [6, 6.07) is 2.80. The summed E-state index contributed by atoms with van der Waals surface area (Å²) in [5.74, 6) is -3.75. The normalized spacial score (nSPS) is 31.9. The lowest BCUT2D eigenvalue weighted by atomic mass is 9.76. The maximum atomic E-state index is 13.8. The highest BCUT2D eigenvalue weighted by Gasteiger charge is 2.74. The summed E-state index contributed by atoms with van der Waals surface area (Å²) in [5, 5.41) is 16.3. The highest BCUT2D eigenvalue weighted by atomic mass is 35.5. The Kier molecular flexibility index (Phi) is 5.05. The molecule has 0 unspecified atom stereocenters. The molecule has 1 spiro atoms. The zero-order valence-electron chi connectivity index (χ0n) is 17.9. The first-order chi connectivity index (χ1) is 15.3. The number of nitrogens with zero attached hydrogens (tertiary/aromatic N) is 1. The molecule has 3 N–H and O–H groups in total. The van der Waals surface area contributed by atoms with Gasteiger partial charge in [-0.25, -0.2) is 0 Å². The van der Waals surface area contributed by atoms with Crippen LogP contribution in [0.5, 0.6) is 0 Å². The highest BCUT2D eigenvalue weighted by molar-refractivity contribution is 6.32. The molecule has 4 atom stereocenters. The monoisotopic (exact) mass is 459 g/mol. The molecule has 1 aromatic carbocycles. The zero-order valence-corrected chi connectivity index (χ0v) is 18.6. The van der Waals surface area contributed by atoms with Crippen LogP contribution in [-0.4, -0.2) is 40.7 Å². The van der Waals surface area contributed by atoms with Gasteiger partial charge in [-0.05, 0) is 43.9 Å². The van der Waals surface area contributed by atoms with Gasteiger partial charge in [0.05, 0.1) is 5.69 Å². The maximum Gasteiger partial charge on any atom is 0.291 e. The van der Waals surface area contributed by atoms with Crippen molar-refractivity contribution in [3.8, 4) is 0 Å². The molecule has 8 nitrogen and oxygen atoms in total. The van der Waals surface area contributed by atoms with Crippen molar-refractivity contribution in [2.45, 2.75) is 69.5 Å². The number of hydrogen-bond donors (Lipinski definition) is 2. The third kappa shape index (κ3) is 2.85. The summed E-state index contributed by atoms with van der Waals surface area (Å²) >= 11 is 6.27. The molecule has 1 saturated carbocycles. The molecule has 5 rings (SSSR count). The molecule has 2 saturated heterocycles. The van der Waals surface area contributed by atoms with Crippen molar-refractivity contribution in [3.05, 3.63) is 28.3 Å². The number of benzene rings is 1. The lowest BCUT2D eigenvalue weighted by Crippen LogP contribution is -2.99. The number of carboxylic acids is 1.